The molecule has 0 radical (unpaired) electrons. The molecule has 0 bridgehead atoms. The molecule has 0 amide bonds. The second-order valence-corrected chi connectivity index (χ2v) is 4.19. The number of nitrogens with one attached hydrogen (secondary N) is 1. The van der Waals surface area contributed by atoms with Crippen molar-refractivity contribution < 1.29 is 0 Å². The molecule has 0 aliphatic rings. The molecule has 0 aromatic carbocycles. The van der Waals surface area contributed by atoms with Crippen LogP contribution in [0, 0.1) is 19.3 Å². The maximum Gasteiger partial charge on any atom is 0.0328 e. The van der Waals surface area contributed by atoms with E-state index in [0.717, 1.165) is 19.3 Å². The quantitative estimate of drug-likeness (QED) is 0.578. The van der Waals surface area contributed by atoms with Gasteiger partial charge in [0, 0.05) is 12.5 Å². The molecule has 2 heteroatoms. The van der Waals surface area contributed by atoms with Crippen LogP contribution < -0.4 is 5.32 Å². The van der Waals surface area contributed by atoms with E-state index < -0.39 is 0 Å². The first-order valence-electron chi connectivity index (χ1n) is 4.93. The summed E-state index contributed by atoms with van der Waals surface area (Å²) in [4.78, 5) is 0. The van der Waals surface area contributed by atoms with Crippen LogP contribution in [0.5, 0.6) is 0 Å². The monoisotopic (exact) mass is 207 g/mol. The highest BCUT2D eigenvalue weighted by atomic mass is 32.1. The van der Waals surface area contributed by atoms with Crippen LogP contribution in [0.4, 0.5) is 0 Å². The molecule has 1 N–H and O–H groups in total. The Morgan fingerprint density at radius 2 is 2.36 bits per heavy atom. The maximum absolute atomic E-state index is 5.24. The first-order valence-corrected chi connectivity index (χ1v) is 5.87. The Hall–Kier alpha value is -0.780. The number of rotatable bonds is 5. The lowest BCUT2D eigenvalue weighted by molar-refractivity contribution is 0.531. The number of hydrogen-bond donors (Lipinski definition) is 1. The summed E-state index contributed by atoms with van der Waals surface area (Å²) in [7, 11) is 2.01. The van der Waals surface area contributed by atoms with Gasteiger partial charge in [-0.1, -0.05) is 0 Å². The number of unbranched alkanes of at least 4 members (excludes halogenated alkanes) is 1. The van der Waals surface area contributed by atoms with Crippen molar-refractivity contribution in [2.75, 3.05) is 7.05 Å². The zero-order valence-corrected chi connectivity index (χ0v) is 9.66. The fourth-order valence-corrected chi connectivity index (χ4v) is 2.50. The minimum Gasteiger partial charge on any atom is -0.313 e. The molecule has 0 saturated carbocycles. The molecule has 1 heterocycles. The van der Waals surface area contributed by atoms with Gasteiger partial charge < -0.3 is 5.32 Å². The van der Waals surface area contributed by atoms with Crippen molar-refractivity contribution in [2.24, 2.45) is 0 Å². The third-order valence-electron chi connectivity index (χ3n) is 2.43. The van der Waals surface area contributed by atoms with Gasteiger partial charge in [-0.05, 0) is 48.7 Å². The fourth-order valence-electron chi connectivity index (χ4n) is 1.59. The Morgan fingerprint density at radius 1 is 1.57 bits per heavy atom. The van der Waals surface area contributed by atoms with Gasteiger partial charge in [-0.25, -0.2) is 0 Å². The Kier molecular flexibility index (Phi) is 4.72. The molecule has 0 spiro atoms. The van der Waals surface area contributed by atoms with Crippen molar-refractivity contribution in [3.05, 3.63) is 21.9 Å². The second-order valence-electron chi connectivity index (χ2n) is 3.45. The van der Waals surface area contributed by atoms with Crippen molar-refractivity contribution >= 4 is 11.3 Å². The molecule has 1 aromatic heterocycles. The maximum atomic E-state index is 5.24. The predicted molar refractivity (Wildman–Crippen MR) is 63.5 cm³/mol. The average Bonchev–Trinajstić information content (AvgIpc) is 2.60. The van der Waals surface area contributed by atoms with E-state index in [2.05, 4.69) is 28.9 Å². The number of thiophene rings is 1. The van der Waals surface area contributed by atoms with Crippen LogP contribution in [-0.2, 0) is 0 Å². The molecule has 76 valence electrons. The van der Waals surface area contributed by atoms with Crippen molar-refractivity contribution in [1.29, 1.82) is 0 Å². The minimum absolute atomic E-state index is 0.467. The third kappa shape index (κ3) is 2.87. The van der Waals surface area contributed by atoms with Crippen LogP contribution in [-0.4, -0.2) is 7.05 Å². The highest BCUT2D eigenvalue weighted by Crippen LogP contribution is 2.25. The smallest absolute Gasteiger partial charge is 0.0328 e. The summed E-state index contributed by atoms with van der Waals surface area (Å²) < 4.78 is 0. The molecular weight excluding hydrogens is 190 g/mol. The van der Waals surface area contributed by atoms with Gasteiger partial charge in [0.2, 0.25) is 0 Å². The molecule has 1 rings (SSSR count). The molecule has 0 fully saturated rings. The van der Waals surface area contributed by atoms with Crippen LogP contribution in [0.15, 0.2) is 10.8 Å². The van der Waals surface area contributed by atoms with Gasteiger partial charge in [-0.3, -0.25) is 0 Å². The number of terminal acetylenes is 1. The van der Waals surface area contributed by atoms with Crippen molar-refractivity contribution in [2.45, 2.75) is 32.2 Å². The highest BCUT2D eigenvalue weighted by Gasteiger charge is 2.11. The summed E-state index contributed by atoms with van der Waals surface area (Å²) in [5.41, 5.74) is 2.81. The molecule has 1 atom stereocenters. The van der Waals surface area contributed by atoms with E-state index in [1.165, 1.54) is 11.1 Å². The Morgan fingerprint density at radius 3 is 2.86 bits per heavy atom. The van der Waals surface area contributed by atoms with E-state index in [1.807, 2.05) is 7.05 Å². The highest BCUT2D eigenvalue weighted by molar-refractivity contribution is 7.08. The van der Waals surface area contributed by atoms with Crippen molar-refractivity contribution in [1.82, 2.24) is 5.32 Å². The lowest BCUT2D eigenvalue weighted by Gasteiger charge is -2.15. The van der Waals surface area contributed by atoms with E-state index in [9.17, 15) is 0 Å². The molecule has 0 saturated heterocycles. The minimum atomic E-state index is 0.467. The summed E-state index contributed by atoms with van der Waals surface area (Å²) in [5, 5.41) is 7.77. The molecule has 14 heavy (non-hydrogen) atoms. The van der Waals surface area contributed by atoms with E-state index >= 15 is 0 Å². The standard InChI is InChI=1S/C12H17NS/c1-4-5-6-7-12(13-3)11-9-14-8-10(11)2/h1,8-9,12-13H,5-7H2,2-3H3. The number of hydrogen-bond acceptors (Lipinski definition) is 2. The topological polar surface area (TPSA) is 12.0 Å². The van der Waals surface area contributed by atoms with Gasteiger partial charge in [0.25, 0.3) is 0 Å². The molecule has 1 aromatic rings. The summed E-state index contributed by atoms with van der Waals surface area (Å²) >= 11 is 1.77. The lowest BCUT2D eigenvalue weighted by atomic mass is 10.0. The Bertz CT molecular complexity index is 308. The van der Waals surface area contributed by atoms with Gasteiger partial charge in [0.1, 0.15) is 0 Å². The molecule has 1 nitrogen and oxygen atoms in total. The van der Waals surface area contributed by atoms with E-state index in [1.54, 1.807) is 11.3 Å². The summed E-state index contributed by atoms with van der Waals surface area (Å²) in [5.74, 6) is 2.68. The third-order valence-corrected chi connectivity index (χ3v) is 3.31. The first kappa shape index (κ1) is 11.3. The normalized spacial score (nSPS) is 12.4. The summed E-state index contributed by atoms with van der Waals surface area (Å²) in [6.45, 7) is 2.16. The lowest BCUT2D eigenvalue weighted by Crippen LogP contribution is -2.16. The van der Waals surface area contributed by atoms with E-state index in [0.29, 0.717) is 6.04 Å². The van der Waals surface area contributed by atoms with E-state index in [-0.39, 0.29) is 0 Å². The largest absolute Gasteiger partial charge is 0.313 e. The molecule has 0 aliphatic heterocycles. The van der Waals surface area contributed by atoms with Gasteiger partial charge in [0.15, 0.2) is 0 Å². The van der Waals surface area contributed by atoms with E-state index in [4.69, 9.17) is 6.42 Å². The zero-order valence-electron chi connectivity index (χ0n) is 8.84. The average molecular weight is 207 g/mol. The Balaban J connectivity index is 2.55. The van der Waals surface area contributed by atoms with Gasteiger partial charge in [-0.15, -0.1) is 12.3 Å². The second kappa shape index (κ2) is 5.85. The zero-order chi connectivity index (χ0) is 10.4. The van der Waals surface area contributed by atoms with Gasteiger partial charge in [-0.2, -0.15) is 11.3 Å². The Labute approximate surface area is 90.5 Å². The van der Waals surface area contributed by atoms with Crippen LogP contribution in [0.2, 0.25) is 0 Å². The van der Waals surface area contributed by atoms with Gasteiger partial charge in [0.05, 0.1) is 0 Å². The molecule has 1 unspecified atom stereocenters. The number of aryl methyl sites for hydroxylation is 1. The summed E-state index contributed by atoms with van der Waals surface area (Å²) in [6.07, 6.45) is 8.33. The first-order chi connectivity index (χ1) is 6.79. The van der Waals surface area contributed by atoms with Crippen molar-refractivity contribution in [3.8, 4) is 12.3 Å². The molecular formula is C12H17NS. The van der Waals surface area contributed by atoms with Crippen LogP contribution in [0.25, 0.3) is 0 Å². The SMILES string of the molecule is C#CCCCC(NC)c1cscc1C. The van der Waals surface area contributed by atoms with Crippen LogP contribution in [0.1, 0.15) is 36.4 Å². The summed E-state index contributed by atoms with van der Waals surface area (Å²) in [6, 6.07) is 0.467. The van der Waals surface area contributed by atoms with Crippen LogP contribution >= 0.6 is 11.3 Å². The van der Waals surface area contributed by atoms with Gasteiger partial charge >= 0.3 is 0 Å². The molecule has 0 aliphatic carbocycles. The predicted octanol–water partition coefficient (Wildman–Crippen LogP) is 3.12. The van der Waals surface area contributed by atoms with Crippen LogP contribution in [0.3, 0.4) is 0 Å². The van der Waals surface area contributed by atoms with Crippen molar-refractivity contribution in [3.63, 3.8) is 0 Å². The fraction of sp³-hybridized carbons (Fsp3) is 0.500.